The number of anilines is 1. The van der Waals surface area contributed by atoms with E-state index in [0.717, 1.165) is 10.3 Å². The van der Waals surface area contributed by atoms with Gasteiger partial charge in [0.05, 0.1) is 12.1 Å². The smallest absolute Gasteiger partial charge is 0.325 e. The third kappa shape index (κ3) is 3.62. The number of nitrogens with zero attached hydrogens (tertiary/aromatic N) is 4. The Balaban J connectivity index is 2.37. The van der Waals surface area contributed by atoms with Crippen LogP contribution in [0.5, 0.6) is 0 Å². The van der Waals surface area contributed by atoms with Crippen molar-refractivity contribution in [1.82, 2.24) is 4.98 Å². The van der Waals surface area contributed by atoms with Gasteiger partial charge in [0.15, 0.2) is 0 Å². The van der Waals surface area contributed by atoms with E-state index in [2.05, 4.69) is 15.9 Å². The standard InChI is InChI=1S/C14H11ClN5OS2/c1-18-11-12(22-2)9(5-16)14(19-13(11)17)23-7-8-3-4-10(15)20(21)6-8/h3-4,6,21H,7H2,2H3,(H2,17,19)/q+1. The molecule has 116 valence electrons. The fourth-order valence-corrected chi connectivity index (χ4v) is 3.61. The molecule has 0 bridgehead atoms. The van der Waals surface area contributed by atoms with Crippen LogP contribution in [0.25, 0.3) is 4.85 Å². The summed E-state index contributed by atoms with van der Waals surface area (Å²) in [4.78, 5) is 8.07. The Morgan fingerprint density at radius 2 is 2.30 bits per heavy atom. The quantitative estimate of drug-likeness (QED) is 0.284. The van der Waals surface area contributed by atoms with E-state index in [9.17, 15) is 10.5 Å². The molecule has 0 saturated carbocycles. The third-order valence-electron chi connectivity index (χ3n) is 2.87. The number of hydrogen-bond acceptors (Lipinski definition) is 6. The lowest BCUT2D eigenvalue weighted by Crippen LogP contribution is -2.31. The van der Waals surface area contributed by atoms with Crippen LogP contribution in [-0.2, 0) is 5.75 Å². The second kappa shape index (κ2) is 7.42. The molecule has 0 amide bonds. The Morgan fingerprint density at radius 3 is 2.87 bits per heavy atom. The summed E-state index contributed by atoms with van der Waals surface area (Å²) < 4.78 is 0.819. The van der Waals surface area contributed by atoms with Crippen molar-refractivity contribution in [3.63, 3.8) is 0 Å². The Hall–Kier alpha value is -2.13. The molecule has 0 aliphatic carbocycles. The van der Waals surface area contributed by atoms with E-state index < -0.39 is 0 Å². The average molecular weight is 365 g/mol. The molecular weight excluding hydrogens is 354 g/mol. The van der Waals surface area contributed by atoms with Gasteiger partial charge >= 0.3 is 5.15 Å². The van der Waals surface area contributed by atoms with Crippen LogP contribution < -0.4 is 10.5 Å². The molecule has 0 spiro atoms. The summed E-state index contributed by atoms with van der Waals surface area (Å²) in [6, 6.07) is 5.43. The van der Waals surface area contributed by atoms with Crippen molar-refractivity contribution in [2.24, 2.45) is 0 Å². The molecule has 2 aromatic rings. The van der Waals surface area contributed by atoms with Gasteiger partial charge in [-0.15, -0.1) is 23.5 Å². The van der Waals surface area contributed by atoms with Crippen molar-refractivity contribution >= 4 is 46.6 Å². The zero-order valence-corrected chi connectivity index (χ0v) is 14.3. The van der Waals surface area contributed by atoms with Crippen LogP contribution in [0.3, 0.4) is 0 Å². The fraction of sp³-hybridized carbons (Fsp3) is 0.143. The van der Waals surface area contributed by atoms with Gasteiger partial charge in [0.1, 0.15) is 16.9 Å². The van der Waals surface area contributed by atoms with Gasteiger partial charge in [0.2, 0.25) is 11.9 Å². The van der Waals surface area contributed by atoms with E-state index in [4.69, 9.17) is 23.9 Å². The predicted molar refractivity (Wildman–Crippen MR) is 89.8 cm³/mol. The largest absolute Gasteiger partial charge is 0.392 e. The van der Waals surface area contributed by atoms with Crippen LogP contribution in [0.1, 0.15) is 11.1 Å². The van der Waals surface area contributed by atoms with Crippen molar-refractivity contribution in [3.05, 3.63) is 46.0 Å². The first-order valence-electron chi connectivity index (χ1n) is 6.19. The number of nitriles is 1. The summed E-state index contributed by atoms with van der Waals surface area (Å²) in [5.41, 5.74) is 7.17. The zero-order valence-electron chi connectivity index (χ0n) is 11.9. The van der Waals surface area contributed by atoms with E-state index in [1.807, 2.05) is 0 Å². The SMILES string of the molecule is [C-]#[N+]c1c(N)nc(SCc2ccc(Cl)[n+](O)c2)c(C#N)c1SC. The summed E-state index contributed by atoms with van der Waals surface area (Å²) in [5.74, 6) is 0.573. The molecule has 2 rings (SSSR count). The molecule has 2 aromatic heterocycles. The van der Waals surface area contributed by atoms with Crippen LogP contribution >= 0.6 is 35.1 Å². The number of aromatic nitrogens is 2. The first kappa shape index (κ1) is 17.2. The number of thioether (sulfide) groups is 2. The maximum absolute atomic E-state index is 9.54. The van der Waals surface area contributed by atoms with E-state index >= 15 is 0 Å². The van der Waals surface area contributed by atoms with E-state index in [1.165, 1.54) is 29.7 Å². The molecule has 0 fully saturated rings. The summed E-state index contributed by atoms with van der Waals surface area (Å²) in [6.07, 6.45) is 3.26. The number of halogens is 1. The second-order valence-corrected chi connectivity index (χ2v) is 6.44. The highest BCUT2D eigenvalue weighted by atomic mass is 35.5. The normalized spacial score (nSPS) is 10.1. The summed E-state index contributed by atoms with van der Waals surface area (Å²) in [7, 11) is 0. The highest BCUT2D eigenvalue weighted by Gasteiger charge is 2.19. The van der Waals surface area contributed by atoms with Gasteiger partial charge in [-0.05, 0) is 23.9 Å². The number of hydrogen-bond donors (Lipinski definition) is 2. The number of nitrogen functional groups attached to an aromatic ring is 1. The van der Waals surface area contributed by atoms with Gasteiger partial charge in [0, 0.05) is 27.0 Å². The van der Waals surface area contributed by atoms with Gasteiger partial charge < -0.3 is 5.73 Å². The molecule has 9 heteroatoms. The minimum Gasteiger partial charge on any atom is -0.392 e. The number of nitrogens with two attached hydrogens (primary N) is 1. The van der Waals surface area contributed by atoms with Crippen molar-refractivity contribution in [3.8, 4) is 6.07 Å². The predicted octanol–water partition coefficient (Wildman–Crippen LogP) is 3.28. The lowest BCUT2D eigenvalue weighted by molar-refractivity contribution is -0.903. The molecule has 0 saturated heterocycles. The topological polar surface area (TPSA) is 91.2 Å². The zero-order chi connectivity index (χ0) is 17.0. The van der Waals surface area contributed by atoms with E-state index in [1.54, 1.807) is 18.4 Å². The summed E-state index contributed by atoms with van der Waals surface area (Å²) in [5, 5.41) is 19.6. The lowest BCUT2D eigenvalue weighted by atomic mass is 10.2. The highest BCUT2D eigenvalue weighted by molar-refractivity contribution is 7.99. The minimum absolute atomic E-state index is 0.110. The molecule has 0 aliphatic heterocycles. The van der Waals surface area contributed by atoms with Crippen LogP contribution in [-0.4, -0.2) is 16.4 Å². The summed E-state index contributed by atoms with van der Waals surface area (Å²) in [6.45, 7) is 7.18. The van der Waals surface area contributed by atoms with Crippen molar-refractivity contribution in [1.29, 1.82) is 5.26 Å². The van der Waals surface area contributed by atoms with Gasteiger partial charge in [-0.25, -0.2) is 9.83 Å². The molecular formula is C14H11ClN5OS2+. The maximum atomic E-state index is 9.54. The second-order valence-electron chi connectivity index (χ2n) is 4.28. The van der Waals surface area contributed by atoms with Crippen molar-refractivity contribution < 1.29 is 9.94 Å². The van der Waals surface area contributed by atoms with Crippen molar-refractivity contribution in [2.45, 2.75) is 15.7 Å². The number of rotatable bonds is 4. The third-order valence-corrected chi connectivity index (χ3v) is 5.02. The lowest BCUT2D eigenvalue weighted by Gasteiger charge is -2.10. The van der Waals surface area contributed by atoms with E-state index in [0.29, 0.717) is 21.2 Å². The molecule has 0 unspecified atom stereocenters. The molecule has 23 heavy (non-hydrogen) atoms. The molecule has 0 radical (unpaired) electrons. The summed E-state index contributed by atoms with van der Waals surface area (Å²) >= 11 is 8.34. The minimum atomic E-state index is 0.110. The monoisotopic (exact) mass is 364 g/mol. The van der Waals surface area contributed by atoms with Gasteiger partial charge in [-0.3, -0.25) is 5.21 Å². The van der Waals surface area contributed by atoms with Crippen LogP contribution in [0.2, 0.25) is 5.15 Å². The Morgan fingerprint density at radius 1 is 1.57 bits per heavy atom. The molecule has 3 N–H and O–H groups in total. The average Bonchev–Trinajstić information content (AvgIpc) is 2.55. The molecule has 0 atom stereocenters. The van der Waals surface area contributed by atoms with Crippen LogP contribution in [0.4, 0.5) is 11.5 Å². The Bertz CT molecular complexity index is 845. The molecule has 2 heterocycles. The number of pyridine rings is 2. The Labute approximate surface area is 146 Å². The van der Waals surface area contributed by atoms with Crippen LogP contribution in [0.15, 0.2) is 28.3 Å². The molecule has 0 aromatic carbocycles. The maximum Gasteiger partial charge on any atom is 0.325 e. The van der Waals surface area contributed by atoms with E-state index in [-0.39, 0.29) is 16.7 Å². The molecule has 6 nitrogen and oxygen atoms in total. The van der Waals surface area contributed by atoms with Gasteiger partial charge in [-0.1, -0.05) is 0 Å². The fourth-order valence-electron chi connectivity index (χ4n) is 1.81. The van der Waals surface area contributed by atoms with Gasteiger partial charge in [-0.2, -0.15) is 5.26 Å². The first-order chi connectivity index (χ1) is 11.0. The van der Waals surface area contributed by atoms with Gasteiger partial charge in [0.25, 0.3) is 0 Å². The van der Waals surface area contributed by atoms with Crippen molar-refractivity contribution in [2.75, 3.05) is 12.0 Å². The first-order valence-corrected chi connectivity index (χ1v) is 8.77. The van der Waals surface area contributed by atoms with Crippen LogP contribution in [0, 0.1) is 17.9 Å². The highest BCUT2D eigenvalue weighted by Crippen LogP contribution is 2.40. The Kier molecular flexibility index (Phi) is 5.56. The molecule has 0 aliphatic rings.